The normalized spacial score (nSPS) is 20.8. The van der Waals surface area contributed by atoms with E-state index in [1.54, 1.807) is 0 Å². The third kappa shape index (κ3) is 6.38. The molecule has 2 aliphatic rings. The molecule has 5 rings (SSSR count). The average Bonchev–Trinajstić information content (AvgIpc) is 2.90. The Kier molecular flexibility index (Phi) is 7.92. The zero-order valence-electron chi connectivity index (χ0n) is 19.5. The average molecular weight is 551 g/mol. The molecule has 3 aromatic rings. The van der Waals surface area contributed by atoms with Gasteiger partial charge in [0.2, 0.25) is 0 Å². The second kappa shape index (κ2) is 11.5. The summed E-state index contributed by atoms with van der Waals surface area (Å²) in [5.74, 6) is 1.65. The Morgan fingerprint density at radius 2 is 1.23 bits per heavy atom. The molecule has 0 aromatic heterocycles. The summed E-state index contributed by atoms with van der Waals surface area (Å²) in [7, 11) is 0. The molecule has 0 unspecified atom stereocenters. The van der Waals surface area contributed by atoms with Crippen molar-refractivity contribution < 1.29 is 9.47 Å². The van der Waals surface area contributed by atoms with Crippen molar-refractivity contribution in [2.75, 3.05) is 45.2 Å². The number of hydrogen-bond donors (Lipinski definition) is 1. The molecule has 0 spiro atoms. The summed E-state index contributed by atoms with van der Waals surface area (Å²) in [6, 6.07) is 24.0. The van der Waals surface area contributed by atoms with Crippen LogP contribution in [-0.2, 0) is 0 Å². The van der Waals surface area contributed by atoms with Crippen LogP contribution in [0.2, 0.25) is 0 Å². The van der Waals surface area contributed by atoms with Gasteiger partial charge in [-0.3, -0.25) is 0 Å². The second-order valence-electron chi connectivity index (χ2n) is 8.70. The molecule has 180 valence electrons. The SMILES string of the molecule is [Se]=P1(CN2CCNCC2)COc2ccccc2C=Nc2ccccc2N=Cc2ccccc2OC1. The van der Waals surface area contributed by atoms with Gasteiger partial charge in [0, 0.05) is 0 Å². The standard InChI is InChI=1S/C27H29N4O2PSe/c35-34(19-31-15-13-28-14-16-31)20-32-26-11-5-1-7-22(26)17-29-24-9-3-4-10-25(24)30-18-23-8-2-6-12-27(23)33-21-34/h1-12,17-18,28H,13-16,19-21H2. The fourth-order valence-corrected chi connectivity index (χ4v) is 7.80. The van der Waals surface area contributed by atoms with Crippen molar-refractivity contribution >= 4 is 44.4 Å². The summed E-state index contributed by atoms with van der Waals surface area (Å²) in [4.78, 5) is 12.0. The number of para-hydroxylation sites is 4. The second-order valence-corrected chi connectivity index (χ2v) is 16.5. The molecule has 0 atom stereocenters. The molecule has 1 N–H and O–H groups in total. The first-order valence-electron chi connectivity index (χ1n) is 11.8. The van der Waals surface area contributed by atoms with Crippen LogP contribution in [-0.4, -0.2) is 77.6 Å². The first-order chi connectivity index (χ1) is 17.2. The molecular formula is C27H29N4O2PSe. The van der Waals surface area contributed by atoms with Crippen LogP contribution in [0.4, 0.5) is 11.4 Å². The van der Waals surface area contributed by atoms with Gasteiger partial charge in [0.05, 0.1) is 0 Å². The molecule has 2 aliphatic heterocycles. The predicted octanol–water partition coefficient (Wildman–Crippen LogP) is 4.84. The molecule has 6 nitrogen and oxygen atoms in total. The predicted molar refractivity (Wildman–Crippen MR) is 147 cm³/mol. The summed E-state index contributed by atoms with van der Waals surface area (Å²) in [6.07, 6.45) is 5.86. The number of piperazine rings is 1. The fraction of sp³-hybridized carbons (Fsp3) is 0.259. The molecule has 1 saturated heterocycles. The first-order valence-corrected chi connectivity index (χ1v) is 16.4. The van der Waals surface area contributed by atoms with Gasteiger partial charge in [0.15, 0.2) is 0 Å². The van der Waals surface area contributed by atoms with Crippen molar-refractivity contribution in [1.29, 1.82) is 0 Å². The van der Waals surface area contributed by atoms with E-state index in [0.717, 1.165) is 66.5 Å². The summed E-state index contributed by atoms with van der Waals surface area (Å²) in [5, 5.41) is 3.44. The number of aliphatic imine (C=N–C) groups is 2. The Balaban J connectivity index is 1.53. The Bertz CT molecular complexity index is 1190. The summed E-state index contributed by atoms with van der Waals surface area (Å²) in [5.41, 5.74) is 1.74. The van der Waals surface area contributed by atoms with Crippen molar-refractivity contribution in [3.05, 3.63) is 83.9 Å². The van der Waals surface area contributed by atoms with Crippen molar-refractivity contribution in [1.82, 2.24) is 10.2 Å². The molecular weight excluding hydrogens is 522 g/mol. The van der Waals surface area contributed by atoms with Crippen LogP contribution in [0.25, 0.3) is 0 Å². The van der Waals surface area contributed by atoms with Gasteiger partial charge in [0.25, 0.3) is 0 Å². The third-order valence-corrected chi connectivity index (χ3v) is 10.2. The number of nitrogens with zero attached hydrogens (tertiary/aromatic N) is 3. The molecule has 0 amide bonds. The third-order valence-electron chi connectivity index (χ3n) is 5.98. The minimum atomic E-state index is -1.75. The topological polar surface area (TPSA) is 58.5 Å². The van der Waals surface area contributed by atoms with Gasteiger partial charge < -0.3 is 0 Å². The maximum absolute atomic E-state index is 6.47. The molecule has 3 aromatic carbocycles. The molecule has 2 heterocycles. The van der Waals surface area contributed by atoms with Crippen molar-refractivity contribution in [3.63, 3.8) is 0 Å². The molecule has 0 saturated carbocycles. The summed E-state index contributed by atoms with van der Waals surface area (Å²) < 4.78 is 12.9. The molecule has 0 aliphatic carbocycles. The van der Waals surface area contributed by atoms with Crippen molar-refractivity contribution in [3.8, 4) is 11.5 Å². The van der Waals surface area contributed by atoms with Crippen LogP contribution in [0.3, 0.4) is 0 Å². The number of nitrogens with one attached hydrogen (secondary N) is 1. The number of hydrogen-bond acceptors (Lipinski definition) is 6. The molecule has 8 heteroatoms. The summed E-state index contributed by atoms with van der Waals surface area (Å²) in [6.45, 7) is 4.10. The van der Waals surface area contributed by atoms with Crippen molar-refractivity contribution in [2.45, 2.75) is 0 Å². The molecule has 0 radical (unpaired) electrons. The van der Waals surface area contributed by atoms with Crippen LogP contribution >= 0.6 is 5.51 Å². The Hall–Kier alpha value is -2.53. The van der Waals surface area contributed by atoms with E-state index in [4.69, 9.17) is 19.5 Å². The molecule has 1 fully saturated rings. The summed E-state index contributed by atoms with van der Waals surface area (Å²) >= 11 is 3.54. The zero-order valence-corrected chi connectivity index (χ0v) is 22.2. The minimum absolute atomic E-state index is 0.592. The van der Waals surface area contributed by atoms with Crippen LogP contribution in [0.15, 0.2) is 82.8 Å². The number of benzene rings is 3. The monoisotopic (exact) mass is 552 g/mol. The van der Waals surface area contributed by atoms with Crippen LogP contribution in [0, 0.1) is 0 Å². The fourth-order valence-electron chi connectivity index (χ4n) is 4.11. The van der Waals surface area contributed by atoms with Crippen LogP contribution in [0.5, 0.6) is 11.5 Å². The number of rotatable bonds is 2. The Morgan fingerprint density at radius 3 is 1.77 bits per heavy atom. The van der Waals surface area contributed by atoms with Gasteiger partial charge in [-0.15, -0.1) is 0 Å². The first kappa shape index (κ1) is 24.2. The van der Waals surface area contributed by atoms with E-state index < -0.39 is 5.51 Å². The van der Waals surface area contributed by atoms with Gasteiger partial charge in [0.1, 0.15) is 0 Å². The van der Waals surface area contributed by atoms with Gasteiger partial charge in [-0.2, -0.15) is 0 Å². The van der Waals surface area contributed by atoms with Crippen LogP contribution in [0.1, 0.15) is 11.1 Å². The van der Waals surface area contributed by atoms with Crippen LogP contribution < -0.4 is 14.8 Å². The van der Waals surface area contributed by atoms with Gasteiger partial charge in [-0.05, 0) is 0 Å². The molecule has 0 bridgehead atoms. The van der Waals surface area contributed by atoms with Gasteiger partial charge in [-0.25, -0.2) is 0 Å². The van der Waals surface area contributed by atoms with E-state index in [2.05, 4.69) is 25.3 Å². The van der Waals surface area contributed by atoms with E-state index in [9.17, 15) is 0 Å². The molecule has 35 heavy (non-hydrogen) atoms. The van der Waals surface area contributed by atoms with E-state index in [-0.39, 0.29) is 0 Å². The van der Waals surface area contributed by atoms with Gasteiger partial charge in [-0.1, -0.05) is 0 Å². The van der Waals surface area contributed by atoms with Gasteiger partial charge >= 0.3 is 215 Å². The van der Waals surface area contributed by atoms with E-state index in [1.165, 1.54) is 0 Å². The van der Waals surface area contributed by atoms with E-state index >= 15 is 0 Å². The Morgan fingerprint density at radius 1 is 0.743 bits per heavy atom. The quantitative estimate of drug-likeness (QED) is 0.366. The Labute approximate surface area is 214 Å². The van der Waals surface area contributed by atoms with E-state index in [1.807, 2.05) is 85.2 Å². The van der Waals surface area contributed by atoms with E-state index in [0.29, 0.717) is 12.7 Å². The number of fused-ring (bicyclic) bond motifs is 3. The van der Waals surface area contributed by atoms with Crippen molar-refractivity contribution in [2.24, 2.45) is 9.98 Å². The zero-order chi connectivity index (χ0) is 23.9. The number of ether oxygens (including phenoxy) is 2. The maximum atomic E-state index is 6.47.